The first-order chi connectivity index (χ1) is 15.5. The van der Waals surface area contributed by atoms with Crippen molar-refractivity contribution in [2.24, 2.45) is 0 Å². The smallest absolute Gasteiger partial charge is 0.261 e. The molecule has 2 aromatic rings. The number of carbonyl (C=O) groups excluding carboxylic acids is 2. The Morgan fingerprint density at radius 3 is 2.59 bits per heavy atom. The molecule has 0 spiro atoms. The predicted octanol–water partition coefficient (Wildman–Crippen LogP) is 4.08. The number of hydrogen-bond acceptors (Lipinski definition) is 4. The minimum atomic E-state index is -0.708. The Morgan fingerprint density at radius 1 is 1.12 bits per heavy atom. The van der Waals surface area contributed by atoms with Crippen LogP contribution in [0.25, 0.3) is 0 Å². The Kier molecular flexibility index (Phi) is 8.48. The van der Waals surface area contributed by atoms with E-state index < -0.39 is 17.8 Å². The third-order valence-corrected chi connectivity index (χ3v) is 5.79. The Hall–Kier alpha value is -3.09. The fourth-order valence-electron chi connectivity index (χ4n) is 3.90. The molecule has 6 nitrogen and oxygen atoms in total. The minimum absolute atomic E-state index is 0.00138. The molecule has 0 aromatic heterocycles. The SMILES string of the molecule is COc1cccc(CN(C(=O)COc2ccccc2F)C(C)C(=O)NC2CCCCC2)c1. The number of nitrogens with one attached hydrogen (secondary N) is 1. The highest BCUT2D eigenvalue weighted by molar-refractivity contribution is 5.88. The number of para-hydroxylation sites is 1. The molecule has 1 aliphatic rings. The predicted molar refractivity (Wildman–Crippen MR) is 120 cm³/mol. The van der Waals surface area contributed by atoms with Gasteiger partial charge in [0.25, 0.3) is 5.91 Å². The van der Waals surface area contributed by atoms with Crippen molar-refractivity contribution in [2.45, 2.75) is 57.7 Å². The molecule has 3 rings (SSSR count). The summed E-state index contributed by atoms with van der Waals surface area (Å²) >= 11 is 0. The van der Waals surface area contributed by atoms with Gasteiger partial charge in [0.05, 0.1) is 7.11 Å². The molecule has 0 bridgehead atoms. The highest BCUT2D eigenvalue weighted by Gasteiger charge is 2.28. The van der Waals surface area contributed by atoms with Crippen molar-refractivity contribution in [1.29, 1.82) is 0 Å². The van der Waals surface area contributed by atoms with Crippen LogP contribution in [0.4, 0.5) is 4.39 Å². The minimum Gasteiger partial charge on any atom is -0.497 e. The maximum atomic E-state index is 13.9. The van der Waals surface area contributed by atoms with Gasteiger partial charge in [0.2, 0.25) is 5.91 Å². The van der Waals surface area contributed by atoms with Crippen LogP contribution in [-0.4, -0.2) is 42.5 Å². The second-order valence-electron chi connectivity index (χ2n) is 8.11. The van der Waals surface area contributed by atoms with Crippen LogP contribution in [0.15, 0.2) is 48.5 Å². The lowest BCUT2D eigenvalue weighted by Gasteiger charge is -2.31. The molecule has 2 aromatic carbocycles. The topological polar surface area (TPSA) is 67.9 Å². The van der Waals surface area contributed by atoms with Crippen molar-refractivity contribution in [3.8, 4) is 11.5 Å². The van der Waals surface area contributed by atoms with Gasteiger partial charge < -0.3 is 19.7 Å². The summed E-state index contributed by atoms with van der Waals surface area (Å²) in [5.74, 6) is -0.470. The molecule has 32 heavy (non-hydrogen) atoms. The highest BCUT2D eigenvalue weighted by Crippen LogP contribution is 2.20. The summed E-state index contributed by atoms with van der Waals surface area (Å²) < 4.78 is 24.6. The van der Waals surface area contributed by atoms with Gasteiger partial charge in [0.15, 0.2) is 18.2 Å². The van der Waals surface area contributed by atoms with Crippen molar-refractivity contribution >= 4 is 11.8 Å². The zero-order valence-electron chi connectivity index (χ0n) is 18.7. The molecule has 0 radical (unpaired) electrons. The van der Waals surface area contributed by atoms with Gasteiger partial charge in [-0.1, -0.05) is 43.5 Å². The summed E-state index contributed by atoms with van der Waals surface area (Å²) in [5, 5.41) is 3.09. The van der Waals surface area contributed by atoms with Gasteiger partial charge in [-0.3, -0.25) is 9.59 Å². The van der Waals surface area contributed by atoms with E-state index in [1.807, 2.05) is 24.3 Å². The van der Waals surface area contributed by atoms with E-state index in [2.05, 4.69) is 5.32 Å². The molecule has 7 heteroatoms. The van der Waals surface area contributed by atoms with Gasteiger partial charge >= 0.3 is 0 Å². The van der Waals surface area contributed by atoms with Crippen LogP contribution in [0.1, 0.15) is 44.6 Å². The molecule has 0 saturated heterocycles. The van der Waals surface area contributed by atoms with Crippen molar-refractivity contribution < 1.29 is 23.5 Å². The maximum Gasteiger partial charge on any atom is 0.261 e. The van der Waals surface area contributed by atoms with Crippen LogP contribution in [0.2, 0.25) is 0 Å². The molecule has 1 N–H and O–H groups in total. The number of methoxy groups -OCH3 is 1. The van der Waals surface area contributed by atoms with Gasteiger partial charge in [-0.15, -0.1) is 0 Å². The average Bonchev–Trinajstić information content (AvgIpc) is 2.82. The number of ether oxygens (including phenoxy) is 2. The number of nitrogens with zero attached hydrogens (tertiary/aromatic N) is 1. The number of amides is 2. The van der Waals surface area contributed by atoms with Crippen LogP contribution in [-0.2, 0) is 16.1 Å². The largest absolute Gasteiger partial charge is 0.497 e. The lowest BCUT2D eigenvalue weighted by molar-refractivity contribution is -0.142. The lowest BCUT2D eigenvalue weighted by Crippen LogP contribution is -2.51. The molecule has 172 valence electrons. The number of rotatable bonds is 9. The number of hydrogen-bond donors (Lipinski definition) is 1. The molecule has 1 saturated carbocycles. The summed E-state index contributed by atoms with van der Waals surface area (Å²) in [4.78, 5) is 27.5. The van der Waals surface area contributed by atoms with E-state index in [9.17, 15) is 14.0 Å². The van der Waals surface area contributed by atoms with Gasteiger partial charge in [-0.25, -0.2) is 4.39 Å². The molecular weight excluding hydrogens is 411 g/mol. The standard InChI is InChI=1S/C25H31FN2O4/c1-18(25(30)27-20-10-4-3-5-11-20)28(16-19-9-8-12-21(15-19)31-2)24(29)17-32-23-14-7-6-13-22(23)26/h6-9,12-15,18,20H,3-5,10-11,16-17H2,1-2H3,(H,27,30). The first-order valence-electron chi connectivity index (χ1n) is 11.1. The number of halogens is 1. The fourth-order valence-corrected chi connectivity index (χ4v) is 3.90. The highest BCUT2D eigenvalue weighted by atomic mass is 19.1. The van der Waals surface area contributed by atoms with Gasteiger partial charge in [-0.2, -0.15) is 0 Å². The van der Waals surface area contributed by atoms with E-state index in [0.29, 0.717) is 5.75 Å². The maximum absolute atomic E-state index is 13.9. The van der Waals surface area contributed by atoms with E-state index in [0.717, 1.165) is 31.2 Å². The quantitative estimate of drug-likeness (QED) is 0.636. The van der Waals surface area contributed by atoms with Crippen molar-refractivity contribution in [3.05, 3.63) is 59.9 Å². The third-order valence-electron chi connectivity index (χ3n) is 5.79. The monoisotopic (exact) mass is 442 g/mol. The van der Waals surface area contributed by atoms with Crippen LogP contribution in [0, 0.1) is 5.82 Å². The number of benzene rings is 2. The first-order valence-corrected chi connectivity index (χ1v) is 11.1. The van der Waals surface area contributed by atoms with E-state index in [4.69, 9.17) is 9.47 Å². The van der Waals surface area contributed by atoms with Crippen molar-refractivity contribution in [1.82, 2.24) is 10.2 Å². The Labute approximate surface area is 188 Å². The van der Waals surface area contributed by atoms with Crippen molar-refractivity contribution in [3.63, 3.8) is 0 Å². The summed E-state index contributed by atoms with van der Waals surface area (Å²) in [5.41, 5.74) is 0.820. The second-order valence-corrected chi connectivity index (χ2v) is 8.11. The molecule has 0 heterocycles. The normalized spacial score (nSPS) is 15.0. The van der Waals surface area contributed by atoms with Crippen LogP contribution in [0.3, 0.4) is 0 Å². The van der Waals surface area contributed by atoms with Crippen LogP contribution < -0.4 is 14.8 Å². The lowest BCUT2D eigenvalue weighted by atomic mass is 9.95. The second kappa shape index (κ2) is 11.5. The first kappa shape index (κ1) is 23.6. The van der Waals surface area contributed by atoms with E-state index in [1.54, 1.807) is 26.2 Å². The zero-order valence-corrected chi connectivity index (χ0v) is 18.7. The van der Waals surface area contributed by atoms with Crippen molar-refractivity contribution in [2.75, 3.05) is 13.7 Å². The molecule has 0 aliphatic heterocycles. The van der Waals surface area contributed by atoms with E-state index >= 15 is 0 Å². The Morgan fingerprint density at radius 2 is 1.88 bits per heavy atom. The molecule has 1 atom stereocenters. The third kappa shape index (κ3) is 6.45. The zero-order chi connectivity index (χ0) is 22.9. The average molecular weight is 443 g/mol. The van der Waals surface area contributed by atoms with Crippen LogP contribution >= 0.6 is 0 Å². The summed E-state index contributed by atoms with van der Waals surface area (Å²) in [6.07, 6.45) is 5.30. The molecule has 2 amide bonds. The van der Waals surface area contributed by atoms with Crippen LogP contribution in [0.5, 0.6) is 11.5 Å². The summed E-state index contributed by atoms with van der Waals surface area (Å²) in [7, 11) is 1.57. The summed E-state index contributed by atoms with van der Waals surface area (Å²) in [6, 6.07) is 12.7. The molecular formula is C25H31FN2O4. The molecule has 1 fully saturated rings. The van der Waals surface area contributed by atoms with Gasteiger partial charge in [0, 0.05) is 12.6 Å². The Balaban J connectivity index is 1.73. The Bertz CT molecular complexity index is 914. The summed E-state index contributed by atoms with van der Waals surface area (Å²) in [6.45, 7) is 1.54. The molecule has 1 aliphatic carbocycles. The number of carbonyl (C=O) groups is 2. The van der Waals surface area contributed by atoms with E-state index in [1.165, 1.54) is 23.5 Å². The molecule has 1 unspecified atom stereocenters. The van der Waals surface area contributed by atoms with E-state index in [-0.39, 0.29) is 30.9 Å². The van der Waals surface area contributed by atoms with Gasteiger partial charge in [0.1, 0.15) is 11.8 Å². The fraction of sp³-hybridized carbons (Fsp3) is 0.440. The van der Waals surface area contributed by atoms with Gasteiger partial charge in [-0.05, 0) is 49.6 Å².